The Morgan fingerprint density at radius 1 is 1.10 bits per heavy atom. The van der Waals surface area contributed by atoms with Gasteiger partial charge in [0.2, 0.25) is 5.91 Å². The molecule has 0 aromatic heterocycles. The van der Waals surface area contributed by atoms with Crippen LogP contribution in [0.25, 0.3) is 10.8 Å². The van der Waals surface area contributed by atoms with E-state index in [1.54, 1.807) is 6.07 Å². The van der Waals surface area contributed by atoms with Crippen LogP contribution in [0, 0.1) is 0 Å². The average molecular weight is 356 g/mol. The van der Waals surface area contributed by atoms with Crippen LogP contribution < -0.4 is 10.6 Å². The van der Waals surface area contributed by atoms with Gasteiger partial charge < -0.3 is 5.32 Å². The Labute approximate surface area is 129 Å². The fourth-order valence-electron chi connectivity index (χ4n) is 1.80. The first-order valence-corrected chi connectivity index (χ1v) is 7.28. The van der Waals surface area contributed by atoms with Crippen molar-refractivity contribution in [2.75, 3.05) is 11.2 Å². The molecule has 104 valence electrons. The number of nitrogens with one attached hydrogen (secondary N) is 2. The second-order valence-corrected chi connectivity index (χ2v) is 5.31. The Balaban J connectivity index is 2.20. The molecule has 20 heavy (non-hydrogen) atoms. The summed E-state index contributed by atoms with van der Waals surface area (Å²) < 4.78 is 0.942. The van der Waals surface area contributed by atoms with Crippen molar-refractivity contribution in [2.24, 2.45) is 0 Å². The summed E-state index contributed by atoms with van der Waals surface area (Å²) in [5, 5.41) is 6.76. The molecule has 6 heteroatoms. The summed E-state index contributed by atoms with van der Waals surface area (Å²) >= 11 is 8.90. The summed E-state index contributed by atoms with van der Waals surface area (Å²) in [6.45, 7) is 0. The number of fused-ring (bicyclic) bond motifs is 1. The molecule has 0 fully saturated rings. The summed E-state index contributed by atoms with van der Waals surface area (Å²) in [5.74, 6) is -0.223. The zero-order valence-electron chi connectivity index (χ0n) is 10.5. The van der Waals surface area contributed by atoms with E-state index in [-0.39, 0.29) is 12.3 Å². The predicted molar refractivity (Wildman–Crippen MR) is 84.1 cm³/mol. The minimum absolute atomic E-state index is 0.107. The van der Waals surface area contributed by atoms with Crippen molar-refractivity contribution in [3.8, 4) is 0 Å². The van der Waals surface area contributed by atoms with Crippen LogP contribution in [0.5, 0.6) is 0 Å². The zero-order valence-corrected chi connectivity index (χ0v) is 12.8. The number of benzene rings is 2. The molecule has 2 aromatic rings. The molecular weight excluding hydrogens is 344 g/mol. The minimum Gasteiger partial charge on any atom is -0.307 e. The van der Waals surface area contributed by atoms with Gasteiger partial charge in [0.05, 0.1) is 5.69 Å². The minimum atomic E-state index is -0.562. The van der Waals surface area contributed by atoms with E-state index in [4.69, 9.17) is 11.6 Å². The van der Waals surface area contributed by atoms with Crippen LogP contribution in [-0.4, -0.2) is 17.8 Å². The SMILES string of the molecule is O=C(CCCl)NC(=O)Nc1ccc(Br)c2ccccc12. The Bertz CT molecular complexity index is 661. The Kier molecular flexibility index (Phi) is 4.98. The molecule has 3 amide bonds. The van der Waals surface area contributed by atoms with Crippen LogP contribution in [0.15, 0.2) is 40.9 Å². The van der Waals surface area contributed by atoms with Crippen molar-refractivity contribution >= 4 is 55.9 Å². The second kappa shape index (κ2) is 6.72. The molecule has 0 spiro atoms. The van der Waals surface area contributed by atoms with E-state index < -0.39 is 11.9 Å². The van der Waals surface area contributed by atoms with Crippen LogP contribution in [0.2, 0.25) is 0 Å². The highest BCUT2D eigenvalue weighted by atomic mass is 79.9. The van der Waals surface area contributed by atoms with Gasteiger partial charge in [-0.05, 0) is 17.5 Å². The lowest BCUT2D eigenvalue weighted by Crippen LogP contribution is -2.34. The molecule has 0 aliphatic rings. The summed E-state index contributed by atoms with van der Waals surface area (Å²) in [4.78, 5) is 23.0. The molecule has 2 aromatic carbocycles. The first-order valence-electron chi connectivity index (χ1n) is 5.96. The third-order valence-corrected chi connectivity index (χ3v) is 3.57. The highest BCUT2D eigenvalue weighted by Crippen LogP contribution is 2.29. The number of rotatable bonds is 3. The molecule has 4 nitrogen and oxygen atoms in total. The van der Waals surface area contributed by atoms with Crippen molar-refractivity contribution in [2.45, 2.75) is 6.42 Å². The van der Waals surface area contributed by atoms with Crippen LogP contribution in [0.3, 0.4) is 0 Å². The van der Waals surface area contributed by atoms with Crippen molar-refractivity contribution in [1.82, 2.24) is 5.32 Å². The van der Waals surface area contributed by atoms with Gasteiger partial charge in [0.25, 0.3) is 0 Å². The molecule has 0 aliphatic heterocycles. The van der Waals surface area contributed by atoms with Gasteiger partial charge >= 0.3 is 6.03 Å². The lowest BCUT2D eigenvalue weighted by atomic mass is 10.1. The maximum atomic E-state index is 11.7. The van der Waals surface area contributed by atoms with Gasteiger partial charge in [-0.25, -0.2) is 4.79 Å². The molecular formula is C14H12BrClN2O2. The maximum Gasteiger partial charge on any atom is 0.325 e. The van der Waals surface area contributed by atoms with Crippen LogP contribution in [-0.2, 0) is 4.79 Å². The summed E-state index contributed by atoms with van der Waals surface area (Å²) in [5.41, 5.74) is 0.639. The average Bonchev–Trinajstić information content (AvgIpc) is 2.42. The number of urea groups is 1. The fraction of sp³-hybridized carbons (Fsp3) is 0.143. The number of halogens is 2. The number of hydrogen-bond acceptors (Lipinski definition) is 2. The largest absolute Gasteiger partial charge is 0.325 e. The smallest absolute Gasteiger partial charge is 0.307 e. The normalized spacial score (nSPS) is 10.3. The molecule has 0 aliphatic carbocycles. The lowest BCUT2D eigenvalue weighted by Gasteiger charge is -2.10. The van der Waals surface area contributed by atoms with Crippen LogP contribution in [0.1, 0.15) is 6.42 Å². The Morgan fingerprint density at radius 3 is 2.50 bits per heavy atom. The number of carbonyl (C=O) groups excluding carboxylic acids is 2. The quantitative estimate of drug-likeness (QED) is 0.821. The first kappa shape index (κ1) is 14.8. The Hall–Kier alpha value is -1.59. The van der Waals surface area contributed by atoms with Crippen LogP contribution >= 0.6 is 27.5 Å². The van der Waals surface area contributed by atoms with Crippen molar-refractivity contribution in [3.05, 3.63) is 40.9 Å². The van der Waals surface area contributed by atoms with Crippen molar-refractivity contribution in [3.63, 3.8) is 0 Å². The molecule has 2 N–H and O–H groups in total. The topological polar surface area (TPSA) is 58.2 Å². The highest BCUT2D eigenvalue weighted by Gasteiger charge is 2.10. The number of anilines is 1. The standard InChI is InChI=1S/C14H12BrClN2O2/c15-11-5-6-12(10-4-2-1-3-9(10)11)17-14(20)18-13(19)7-8-16/h1-6H,7-8H2,(H2,17,18,19,20). The van der Waals surface area contributed by atoms with Gasteiger partial charge in [-0.2, -0.15) is 0 Å². The van der Waals surface area contributed by atoms with Crippen molar-refractivity contribution in [1.29, 1.82) is 0 Å². The van der Waals surface area contributed by atoms with E-state index in [1.165, 1.54) is 0 Å². The lowest BCUT2D eigenvalue weighted by molar-refractivity contribution is -0.119. The number of amides is 3. The number of carbonyl (C=O) groups is 2. The van der Waals surface area contributed by atoms with Crippen molar-refractivity contribution < 1.29 is 9.59 Å². The second-order valence-electron chi connectivity index (χ2n) is 4.08. The monoisotopic (exact) mass is 354 g/mol. The van der Waals surface area contributed by atoms with E-state index in [2.05, 4.69) is 26.6 Å². The molecule has 0 heterocycles. The van der Waals surface area contributed by atoms with Gasteiger partial charge in [-0.3, -0.25) is 10.1 Å². The van der Waals surface area contributed by atoms with Gasteiger partial charge in [0.1, 0.15) is 0 Å². The first-order chi connectivity index (χ1) is 9.61. The number of alkyl halides is 1. The molecule has 0 radical (unpaired) electrons. The Morgan fingerprint density at radius 2 is 1.80 bits per heavy atom. The van der Waals surface area contributed by atoms with Gasteiger partial charge in [-0.1, -0.05) is 40.2 Å². The molecule has 0 unspecified atom stereocenters. The third-order valence-electron chi connectivity index (χ3n) is 2.69. The number of hydrogen-bond donors (Lipinski definition) is 2. The molecule has 2 rings (SSSR count). The highest BCUT2D eigenvalue weighted by molar-refractivity contribution is 9.10. The maximum absolute atomic E-state index is 11.7. The summed E-state index contributed by atoms with van der Waals surface area (Å²) in [7, 11) is 0. The van der Waals surface area contributed by atoms with Gasteiger partial charge in [0.15, 0.2) is 0 Å². The molecule has 0 bridgehead atoms. The van der Waals surface area contributed by atoms with Gasteiger partial charge in [0, 0.05) is 22.2 Å². The number of imide groups is 1. The van der Waals surface area contributed by atoms with Gasteiger partial charge in [-0.15, -0.1) is 11.6 Å². The molecule has 0 atom stereocenters. The van der Waals surface area contributed by atoms with E-state index in [1.807, 2.05) is 30.3 Å². The fourth-order valence-corrected chi connectivity index (χ4v) is 2.45. The van der Waals surface area contributed by atoms with E-state index in [0.29, 0.717) is 5.69 Å². The molecule has 0 saturated heterocycles. The van der Waals surface area contributed by atoms with Crippen LogP contribution in [0.4, 0.5) is 10.5 Å². The van der Waals surface area contributed by atoms with E-state index in [9.17, 15) is 9.59 Å². The summed E-state index contributed by atoms with van der Waals surface area (Å²) in [6, 6.07) is 10.7. The van der Waals surface area contributed by atoms with E-state index in [0.717, 1.165) is 15.2 Å². The summed E-state index contributed by atoms with van der Waals surface area (Å²) in [6.07, 6.45) is 0.107. The van der Waals surface area contributed by atoms with E-state index >= 15 is 0 Å². The predicted octanol–water partition coefficient (Wildman–Crippen LogP) is 3.88. The zero-order chi connectivity index (χ0) is 14.5. The molecule has 0 saturated carbocycles. The third kappa shape index (κ3) is 3.49.